The summed E-state index contributed by atoms with van der Waals surface area (Å²) in [7, 11) is 0. The van der Waals surface area contributed by atoms with Crippen LogP contribution in [0.15, 0.2) is 54.6 Å². The third-order valence-electron chi connectivity index (χ3n) is 4.91. The van der Waals surface area contributed by atoms with Gasteiger partial charge >= 0.3 is 6.03 Å². The first-order valence-electron chi connectivity index (χ1n) is 9.43. The molecule has 28 heavy (non-hydrogen) atoms. The number of aliphatic hydroxyl groups excluding tert-OH is 1. The SMILES string of the molecule is CCCNC(=O)N1[C@H](C#N)[C@H](c2ccc(C#Cc3ccccc3)cc2)[C@H]1CO. The standard InChI is InChI=1S/C23H23N3O2/c1-2-14-25-23(28)26-20(15-24)22(21(26)16-27)19-12-10-18(11-13-19)9-8-17-6-4-3-5-7-17/h3-7,10-13,20-22,27H,2,14,16H2,1H3,(H,25,28)/t20-,21-,22+/m1/s1. The molecule has 1 aliphatic heterocycles. The van der Waals surface area contributed by atoms with E-state index in [1.165, 1.54) is 4.90 Å². The number of carbonyl (C=O) groups is 1. The van der Waals surface area contributed by atoms with Gasteiger partial charge in [0.15, 0.2) is 0 Å². The summed E-state index contributed by atoms with van der Waals surface area (Å²) in [6.45, 7) is 2.33. The van der Waals surface area contributed by atoms with E-state index in [4.69, 9.17) is 0 Å². The second kappa shape index (κ2) is 9.08. The number of urea groups is 1. The van der Waals surface area contributed by atoms with Gasteiger partial charge in [-0.05, 0) is 36.2 Å². The number of likely N-dealkylation sites (tertiary alicyclic amines) is 1. The van der Waals surface area contributed by atoms with Gasteiger partial charge in [-0.25, -0.2) is 4.79 Å². The van der Waals surface area contributed by atoms with Gasteiger partial charge in [-0.3, -0.25) is 0 Å². The maximum atomic E-state index is 12.3. The number of aliphatic hydroxyl groups is 1. The van der Waals surface area contributed by atoms with E-state index >= 15 is 0 Å². The molecule has 1 heterocycles. The summed E-state index contributed by atoms with van der Waals surface area (Å²) in [6.07, 6.45) is 0.815. The molecule has 5 heteroatoms. The Kier molecular flexibility index (Phi) is 6.32. The summed E-state index contributed by atoms with van der Waals surface area (Å²) in [6, 6.07) is 18.4. The van der Waals surface area contributed by atoms with Crippen molar-refractivity contribution >= 4 is 6.03 Å². The van der Waals surface area contributed by atoms with Crippen molar-refractivity contribution in [2.24, 2.45) is 0 Å². The second-order valence-electron chi connectivity index (χ2n) is 6.73. The highest BCUT2D eigenvalue weighted by atomic mass is 16.3. The van der Waals surface area contributed by atoms with Crippen LogP contribution in [0.1, 0.15) is 36.0 Å². The van der Waals surface area contributed by atoms with Crippen LogP contribution in [0.4, 0.5) is 4.79 Å². The Hall–Kier alpha value is -3.28. The molecular weight excluding hydrogens is 350 g/mol. The lowest BCUT2D eigenvalue weighted by Gasteiger charge is -2.51. The van der Waals surface area contributed by atoms with E-state index in [1.807, 2.05) is 61.5 Å². The van der Waals surface area contributed by atoms with Gasteiger partial charge in [-0.15, -0.1) is 0 Å². The highest BCUT2D eigenvalue weighted by Gasteiger charge is 2.51. The van der Waals surface area contributed by atoms with E-state index in [0.717, 1.165) is 23.1 Å². The minimum atomic E-state index is -0.588. The number of carbonyl (C=O) groups excluding carboxylic acids is 1. The van der Waals surface area contributed by atoms with Crippen LogP contribution in [0.2, 0.25) is 0 Å². The quantitative estimate of drug-likeness (QED) is 0.809. The summed E-state index contributed by atoms with van der Waals surface area (Å²) in [5.41, 5.74) is 2.75. The van der Waals surface area contributed by atoms with Gasteiger partial charge in [-0.1, -0.05) is 49.1 Å². The van der Waals surface area contributed by atoms with Gasteiger partial charge in [-0.2, -0.15) is 5.26 Å². The zero-order chi connectivity index (χ0) is 19.9. The Balaban J connectivity index is 1.75. The Morgan fingerprint density at radius 3 is 2.32 bits per heavy atom. The molecule has 1 aliphatic rings. The van der Waals surface area contributed by atoms with Gasteiger partial charge < -0.3 is 15.3 Å². The topological polar surface area (TPSA) is 76.4 Å². The zero-order valence-electron chi connectivity index (χ0n) is 15.8. The van der Waals surface area contributed by atoms with Crippen LogP contribution in [0.25, 0.3) is 0 Å². The summed E-state index contributed by atoms with van der Waals surface area (Å²) >= 11 is 0. The number of hydrogen-bond donors (Lipinski definition) is 2. The molecule has 0 radical (unpaired) electrons. The van der Waals surface area contributed by atoms with E-state index in [-0.39, 0.29) is 18.6 Å². The maximum Gasteiger partial charge on any atom is 0.318 e. The summed E-state index contributed by atoms with van der Waals surface area (Å²) < 4.78 is 0. The number of nitriles is 1. The van der Waals surface area contributed by atoms with Crippen molar-refractivity contribution in [3.8, 4) is 17.9 Å². The number of amides is 2. The van der Waals surface area contributed by atoms with Gasteiger partial charge in [0.05, 0.1) is 18.7 Å². The van der Waals surface area contributed by atoms with E-state index in [9.17, 15) is 15.2 Å². The van der Waals surface area contributed by atoms with Crippen molar-refractivity contribution < 1.29 is 9.90 Å². The van der Waals surface area contributed by atoms with Crippen LogP contribution >= 0.6 is 0 Å². The molecule has 2 aromatic rings. The number of hydrogen-bond acceptors (Lipinski definition) is 3. The van der Waals surface area contributed by atoms with Crippen molar-refractivity contribution in [1.82, 2.24) is 10.2 Å². The van der Waals surface area contributed by atoms with Gasteiger partial charge in [0.2, 0.25) is 0 Å². The van der Waals surface area contributed by atoms with E-state index < -0.39 is 12.1 Å². The molecule has 0 bridgehead atoms. The molecule has 5 nitrogen and oxygen atoms in total. The smallest absolute Gasteiger partial charge is 0.318 e. The van der Waals surface area contributed by atoms with Gasteiger partial charge in [0.25, 0.3) is 0 Å². The van der Waals surface area contributed by atoms with Crippen LogP contribution < -0.4 is 5.32 Å². The predicted octanol–water partition coefficient (Wildman–Crippen LogP) is 2.86. The third-order valence-corrected chi connectivity index (χ3v) is 4.91. The molecule has 0 saturated carbocycles. The third kappa shape index (κ3) is 4.01. The molecule has 3 atom stereocenters. The van der Waals surface area contributed by atoms with Crippen molar-refractivity contribution in [2.75, 3.05) is 13.2 Å². The fourth-order valence-electron chi connectivity index (χ4n) is 3.46. The van der Waals surface area contributed by atoms with E-state index in [2.05, 4.69) is 23.2 Å². The number of nitrogens with zero attached hydrogens (tertiary/aromatic N) is 2. The van der Waals surface area contributed by atoms with Crippen LogP contribution in [-0.4, -0.2) is 41.3 Å². The minimum Gasteiger partial charge on any atom is -0.394 e. The molecule has 142 valence electrons. The van der Waals surface area contributed by atoms with Crippen LogP contribution in [0.5, 0.6) is 0 Å². The number of rotatable bonds is 4. The molecule has 2 N–H and O–H groups in total. The highest BCUT2D eigenvalue weighted by Crippen LogP contribution is 2.40. The molecule has 1 fully saturated rings. The monoisotopic (exact) mass is 373 g/mol. The Labute approximate surface area is 165 Å². The molecule has 0 unspecified atom stereocenters. The average Bonchev–Trinajstić information content (AvgIpc) is 2.72. The molecule has 0 spiro atoms. The Morgan fingerprint density at radius 2 is 1.75 bits per heavy atom. The van der Waals surface area contributed by atoms with Crippen LogP contribution in [-0.2, 0) is 0 Å². The lowest BCUT2D eigenvalue weighted by atomic mass is 9.76. The van der Waals surface area contributed by atoms with Crippen LogP contribution in [0, 0.1) is 23.2 Å². The van der Waals surface area contributed by atoms with Gasteiger partial charge in [0, 0.05) is 23.6 Å². The minimum absolute atomic E-state index is 0.183. The summed E-state index contributed by atoms with van der Waals surface area (Å²) in [4.78, 5) is 13.8. The van der Waals surface area contributed by atoms with E-state index in [0.29, 0.717) is 6.54 Å². The largest absolute Gasteiger partial charge is 0.394 e. The van der Waals surface area contributed by atoms with Crippen molar-refractivity contribution in [3.05, 3.63) is 71.3 Å². The average molecular weight is 373 g/mol. The second-order valence-corrected chi connectivity index (χ2v) is 6.73. The Bertz CT molecular complexity index is 907. The first-order chi connectivity index (χ1) is 13.7. The number of nitrogens with one attached hydrogen (secondary N) is 1. The Morgan fingerprint density at radius 1 is 1.11 bits per heavy atom. The first-order valence-corrected chi connectivity index (χ1v) is 9.43. The van der Waals surface area contributed by atoms with Crippen molar-refractivity contribution in [1.29, 1.82) is 5.26 Å². The molecule has 0 aromatic heterocycles. The fourth-order valence-corrected chi connectivity index (χ4v) is 3.46. The van der Waals surface area contributed by atoms with Crippen molar-refractivity contribution in [2.45, 2.75) is 31.3 Å². The molecule has 2 amide bonds. The molecular formula is C23H23N3O2. The lowest BCUT2D eigenvalue weighted by Crippen LogP contribution is -2.67. The lowest BCUT2D eigenvalue weighted by molar-refractivity contribution is 0.0169. The van der Waals surface area contributed by atoms with E-state index in [1.54, 1.807) is 0 Å². The molecule has 3 rings (SSSR count). The van der Waals surface area contributed by atoms with Crippen molar-refractivity contribution in [3.63, 3.8) is 0 Å². The molecule has 0 aliphatic carbocycles. The fraction of sp³-hybridized carbons (Fsp3) is 0.304. The predicted molar refractivity (Wildman–Crippen MR) is 107 cm³/mol. The zero-order valence-corrected chi connectivity index (χ0v) is 15.8. The molecule has 1 saturated heterocycles. The number of benzene rings is 2. The highest BCUT2D eigenvalue weighted by molar-refractivity contribution is 5.77. The van der Waals surface area contributed by atoms with Crippen LogP contribution in [0.3, 0.4) is 0 Å². The summed E-state index contributed by atoms with van der Waals surface area (Å²) in [5, 5.41) is 22.1. The van der Waals surface area contributed by atoms with Gasteiger partial charge in [0.1, 0.15) is 6.04 Å². The molecule has 2 aromatic carbocycles. The first kappa shape index (κ1) is 19.5. The maximum absolute atomic E-state index is 12.3. The summed E-state index contributed by atoms with van der Waals surface area (Å²) in [5.74, 6) is 6.03. The normalized spacial score (nSPS) is 20.3.